The second-order valence-electron chi connectivity index (χ2n) is 15.7. The van der Waals surface area contributed by atoms with E-state index in [4.69, 9.17) is 0 Å². The van der Waals surface area contributed by atoms with E-state index < -0.39 is 0 Å². The molecule has 0 spiro atoms. The summed E-state index contributed by atoms with van der Waals surface area (Å²) in [6.07, 6.45) is 0. The number of para-hydroxylation sites is 1. The van der Waals surface area contributed by atoms with Crippen LogP contribution in [0.2, 0.25) is 0 Å². The van der Waals surface area contributed by atoms with Crippen LogP contribution in [0.3, 0.4) is 0 Å². The topological polar surface area (TPSA) is 8.17 Å². The van der Waals surface area contributed by atoms with Crippen LogP contribution in [0, 0.1) is 0 Å². The predicted molar refractivity (Wildman–Crippen MR) is 263 cm³/mol. The quantitative estimate of drug-likeness (QED) is 0.141. The van der Waals surface area contributed by atoms with Crippen LogP contribution in [0.15, 0.2) is 255 Å². The zero-order valence-electron chi connectivity index (χ0n) is 34.1. The number of nitrogens with zero attached hydrogens (tertiary/aromatic N) is 2. The molecule has 0 unspecified atom stereocenters. The van der Waals surface area contributed by atoms with Gasteiger partial charge in [0, 0.05) is 33.5 Å². The van der Waals surface area contributed by atoms with Crippen LogP contribution in [-0.2, 0) is 0 Å². The second-order valence-corrected chi connectivity index (χ2v) is 15.7. The maximum absolute atomic E-state index is 2.42. The highest BCUT2D eigenvalue weighted by atomic mass is 15.1. The molecule has 0 N–H and O–H groups in total. The lowest BCUT2D eigenvalue weighted by molar-refractivity contribution is 1.18. The van der Waals surface area contributed by atoms with E-state index in [2.05, 4.69) is 264 Å². The predicted octanol–water partition coefficient (Wildman–Crippen LogP) is 16.6. The van der Waals surface area contributed by atoms with Gasteiger partial charge in [0.05, 0.1) is 11.0 Å². The fraction of sp³-hybridized carbons (Fsp3) is 0. The molecule has 0 radical (unpaired) electrons. The van der Waals surface area contributed by atoms with Gasteiger partial charge in [-0.05, 0) is 110 Å². The van der Waals surface area contributed by atoms with Crippen molar-refractivity contribution in [1.82, 2.24) is 4.57 Å². The van der Waals surface area contributed by atoms with Crippen molar-refractivity contribution in [3.63, 3.8) is 0 Å². The van der Waals surface area contributed by atoms with Crippen LogP contribution >= 0.6 is 0 Å². The Kier molecular flexibility index (Phi) is 9.57. The molecule has 1 heterocycles. The first-order valence-electron chi connectivity index (χ1n) is 21.3. The first kappa shape index (κ1) is 36.8. The molecule has 0 aliphatic heterocycles. The van der Waals surface area contributed by atoms with Gasteiger partial charge in [0.1, 0.15) is 0 Å². The number of benzene rings is 10. The lowest BCUT2D eigenvalue weighted by Gasteiger charge is -2.26. The number of fused-ring (bicyclic) bond motifs is 3. The minimum Gasteiger partial charge on any atom is -0.310 e. The molecule has 2 nitrogen and oxygen atoms in total. The molecule has 10 aromatic carbocycles. The molecular weight excluding hydrogens is 749 g/mol. The summed E-state index contributed by atoms with van der Waals surface area (Å²) < 4.78 is 2.42. The minimum absolute atomic E-state index is 1.08. The van der Waals surface area contributed by atoms with Gasteiger partial charge < -0.3 is 9.47 Å². The van der Waals surface area contributed by atoms with Gasteiger partial charge >= 0.3 is 0 Å². The Bertz CT molecular complexity index is 3290. The average molecular weight is 791 g/mol. The summed E-state index contributed by atoms with van der Waals surface area (Å²) in [5, 5.41) is 2.45. The number of hydrogen-bond donors (Lipinski definition) is 0. The Morgan fingerprint density at radius 3 is 1.11 bits per heavy atom. The highest BCUT2D eigenvalue weighted by Gasteiger charge is 2.19. The van der Waals surface area contributed by atoms with E-state index in [-0.39, 0.29) is 0 Å². The van der Waals surface area contributed by atoms with Crippen LogP contribution in [0.4, 0.5) is 17.1 Å². The normalized spacial score (nSPS) is 11.2. The number of aromatic nitrogens is 1. The van der Waals surface area contributed by atoms with Gasteiger partial charge in [-0.3, -0.25) is 0 Å². The van der Waals surface area contributed by atoms with E-state index in [9.17, 15) is 0 Å². The zero-order valence-corrected chi connectivity index (χ0v) is 34.1. The van der Waals surface area contributed by atoms with Gasteiger partial charge in [0.25, 0.3) is 0 Å². The molecule has 2 heteroatoms. The lowest BCUT2D eigenvalue weighted by atomic mass is 9.94. The molecule has 0 saturated heterocycles. The van der Waals surface area contributed by atoms with Gasteiger partial charge in [-0.15, -0.1) is 0 Å². The van der Waals surface area contributed by atoms with Crippen molar-refractivity contribution < 1.29 is 0 Å². The van der Waals surface area contributed by atoms with E-state index in [1.54, 1.807) is 0 Å². The van der Waals surface area contributed by atoms with Gasteiger partial charge in [-0.25, -0.2) is 0 Å². The third-order valence-corrected chi connectivity index (χ3v) is 12.0. The van der Waals surface area contributed by atoms with Crippen molar-refractivity contribution in [3.8, 4) is 61.3 Å². The van der Waals surface area contributed by atoms with Crippen LogP contribution in [0.5, 0.6) is 0 Å². The minimum atomic E-state index is 1.08. The van der Waals surface area contributed by atoms with Crippen LogP contribution < -0.4 is 4.90 Å². The van der Waals surface area contributed by atoms with Crippen LogP contribution in [-0.4, -0.2) is 4.57 Å². The largest absolute Gasteiger partial charge is 0.310 e. The molecule has 0 atom stereocenters. The van der Waals surface area contributed by atoms with E-state index in [1.165, 1.54) is 71.9 Å². The maximum Gasteiger partial charge on any atom is 0.0561 e. The second kappa shape index (κ2) is 16.1. The Morgan fingerprint density at radius 2 is 0.597 bits per heavy atom. The van der Waals surface area contributed by atoms with E-state index in [0.717, 1.165) is 28.3 Å². The highest BCUT2D eigenvalue weighted by Crippen LogP contribution is 2.42. The molecule has 0 bridgehead atoms. The zero-order chi connectivity index (χ0) is 41.2. The summed E-state index contributed by atoms with van der Waals surface area (Å²) in [7, 11) is 0. The SMILES string of the molecule is c1ccc(-c2ccc(N(c3ccc(-c4ccccc4-c4ccccc4)cc3)c3ccc4c5ccccc5n(-c5ccc(-c6ccccc6-c6ccccc6)cc5)c4c3)cc2)cc1. The van der Waals surface area contributed by atoms with Gasteiger partial charge in [-0.2, -0.15) is 0 Å². The van der Waals surface area contributed by atoms with E-state index in [0.29, 0.717) is 0 Å². The standard InChI is InChI=1S/C60H42N2/c1-4-16-43(17-5-1)44-28-34-49(35-29-44)61(50-36-30-47(31-37-50)55-24-12-10-22-53(55)45-18-6-2-7-19-45)52-40-41-58-57-26-14-15-27-59(57)62(60(58)42-52)51-38-32-48(33-39-51)56-25-13-11-23-54(56)46-20-8-3-9-21-46/h1-42H. The molecule has 0 aliphatic carbocycles. The van der Waals surface area contributed by atoms with Crippen molar-refractivity contribution in [3.05, 3.63) is 255 Å². The molecule has 62 heavy (non-hydrogen) atoms. The van der Waals surface area contributed by atoms with Gasteiger partial charge in [-0.1, -0.05) is 200 Å². The Hall–Kier alpha value is -8.20. The van der Waals surface area contributed by atoms with E-state index in [1.807, 2.05) is 0 Å². The van der Waals surface area contributed by atoms with Crippen molar-refractivity contribution in [2.45, 2.75) is 0 Å². The molecule has 11 rings (SSSR count). The molecular formula is C60H42N2. The first-order valence-corrected chi connectivity index (χ1v) is 21.3. The highest BCUT2D eigenvalue weighted by molar-refractivity contribution is 6.10. The molecule has 0 amide bonds. The Morgan fingerprint density at radius 1 is 0.242 bits per heavy atom. The summed E-state index contributed by atoms with van der Waals surface area (Å²) in [5.41, 5.74) is 18.8. The fourth-order valence-electron chi connectivity index (χ4n) is 9.05. The first-order chi connectivity index (χ1) is 30.8. The smallest absolute Gasteiger partial charge is 0.0561 e. The van der Waals surface area contributed by atoms with Crippen LogP contribution in [0.25, 0.3) is 83.1 Å². The van der Waals surface area contributed by atoms with Gasteiger partial charge in [0.15, 0.2) is 0 Å². The van der Waals surface area contributed by atoms with E-state index >= 15 is 0 Å². The molecule has 0 saturated carbocycles. The molecule has 11 aromatic rings. The third kappa shape index (κ3) is 6.84. The summed E-state index contributed by atoms with van der Waals surface area (Å²) in [6, 6.07) is 92.0. The fourth-order valence-corrected chi connectivity index (χ4v) is 9.05. The maximum atomic E-state index is 2.42. The lowest BCUT2D eigenvalue weighted by Crippen LogP contribution is -2.10. The molecule has 0 fully saturated rings. The summed E-state index contributed by atoms with van der Waals surface area (Å²) >= 11 is 0. The van der Waals surface area contributed by atoms with Crippen molar-refractivity contribution in [2.24, 2.45) is 0 Å². The monoisotopic (exact) mass is 790 g/mol. The molecule has 292 valence electrons. The molecule has 1 aromatic heterocycles. The Balaban J connectivity index is 1.03. The summed E-state index contributed by atoms with van der Waals surface area (Å²) in [6.45, 7) is 0. The Labute approximate surface area is 362 Å². The number of hydrogen-bond acceptors (Lipinski definition) is 1. The third-order valence-electron chi connectivity index (χ3n) is 12.0. The number of anilines is 3. The molecule has 0 aliphatic rings. The van der Waals surface area contributed by atoms with Crippen LogP contribution in [0.1, 0.15) is 0 Å². The van der Waals surface area contributed by atoms with Crippen molar-refractivity contribution >= 4 is 38.9 Å². The average Bonchev–Trinajstić information content (AvgIpc) is 3.69. The van der Waals surface area contributed by atoms with Crippen molar-refractivity contribution in [1.29, 1.82) is 0 Å². The summed E-state index contributed by atoms with van der Waals surface area (Å²) in [5.74, 6) is 0. The van der Waals surface area contributed by atoms with Gasteiger partial charge in [0.2, 0.25) is 0 Å². The van der Waals surface area contributed by atoms with Crippen molar-refractivity contribution in [2.75, 3.05) is 4.90 Å². The summed E-state index contributed by atoms with van der Waals surface area (Å²) in [4.78, 5) is 2.38. The number of rotatable bonds is 9.